The van der Waals surface area contributed by atoms with Gasteiger partial charge in [-0.05, 0) is 38.8 Å². The molecule has 6 nitrogen and oxygen atoms in total. The van der Waals surface area contributed by atoms with Crippen molar-refractivity contribution in [1.29, 1.82) is 0 Å². The monoisotopic (exact) mass is 313 g/mol. The Bertz CT molecular complexity index is 754. The molecule has 1 aliphatic heterocycles. The molecule has 3 rings (SSSR count). The lowest BCUT2D eigenvalue weighted by Crippen LogP contribution is -2.50. The van der Waals surface area contributed by atoms with E-state index in [0.29, 0.717) is 30.6 Å². The largest absolute Gasteiger partial charge is 0.480 e. The van der Waals surface area contributed by atoms with E-state index in [0.717, 1.165) is 5.69 Å². The molecule has 23 heavy (non-hydrogen) atoms. The second-order valence-electron chi connectivity index (χ2n) is 6.05. The van der Waals surface area contributed by atoms with E-state index >= 15 is 0 Å². The van der Waals surface area contributed by atoms with Crippen molar-refractivity contribution in [2.75, 3.05) is 6.54 Å². The van der Waals surface area contributed by atoms with Crippen LogP contribution in [-0.4, -0.2) is 43.7 Å². The minimum atomic E-state index is -1.14. The van der Waals surface area contributed by atoms with Crippen LogP contribution < -0.4 is 0 Å². The van der Waals surface area contributed by atoms with E-state index in [1.807, 2.05) is 30.3 Å². The smallest absolute Gasteiger partial charge is 0.329 e. The summed E-state index contributed by atoms with van der Waals surface area (Å²) in [6.45, 7) is 3.83. The average molecular weight is 313 g/mol. The maximum Gasteiger partial charge on any atom is 0.329 e. The number of hydrogen-bond donors (Lipinski definition) is 1. The van der Waals surface area contributed by atoms with Crippen LogP contribution >= 0.6 is 0 Å². The Morgan fingerprint density at radius 2 is 1.96 bits per heavy atom. The van der Waals surface area contributed by atoms with E-state index in [-0.39, 0.29) is 5.91 Å². The molecule has 1 atom stereocenters. The first kappa shape index (κ1) is 15.3. The van der Waals surface area contributed by atoms with Gasteiger partial charge in [0.05, 0.1) is 16.9 Å². The van der Waals surface area contributed by atoms with Crippen LogP contribution in [0.3, 0.4) is 0 Å². The van der Waals surface area contributed by atoms with Gasteiger partial charge < -0.3 is 10.0 Å². The average Bonchev–Trinajstić information content (AvgIpc) is 3.12. The summed E-state index contributed by atoms with van der Waals surface area (Å²) in [4.78, 5) is 25.9. The molecule has 1 amide bonds. The summed E-state index contributed by atoms with van der Waals surface area (Å²) in [6.07, 6.45) is 2.84. The molecule has 1 N–H and O–H groups in total. The molecule has 1 aromatic heterocycles. The molecule has 1 aromatic carbocycles. The number of carbonyl (C=O) groups is 2. The number of hydrogen-bond acceptors (Lipinski definition) is 3. The van der Waals surface area contributed by atoms with Crippen LogP contribution in [0.2, 0.25) is 0 Å². The van der Waals surface area contributed by atoms with Crippen molar-refractivity contribution < 1.29 is 14.7 Å². The van der Waals surface area contributed by atoms with Gasteiger partial charge in [0.15, 0.2) is 0 Å². The molecule has 2 aromatic rings. The van der Waals surface area contributed by atoms with Gasteiger partial charge in [0.1, 0.15) is 5.54 Å². The highest BCUT2D eigenvalue weighted by atomic mass is 16.4. The van der Waals surface area contributed by atoms with E-state index in [9.17, 15) is 14.7 Å². The molecule has 0 aliphatic carbocycles. The highest BCUT2D eigenvalue weighted by Crippen LogP contribution is 2.31. The lowest BCUT2D eigenvalue weighted by atomic mass is 9.98. The van der Waals surface area contributed by atoms with Crippen molar-refractivity contribution >= 4 is 11.9 Å². The van der Waals surface area contributed by atoms with Crippen LogP contribution in [-0.2, 0) is 4.79 Å². The third kappa shape index (κ3) is 2.50. The Balaban J connectivity index is 1.95. The highest BCUT2D eigenvalue weighted by molar-refractivity contribution is 5.98. The van der Waals surface area contributed by atoms with Crippen molar-refractivity contribution in [2.24, 2.45) is 0 Å². The first-order valence-electron chi connectivity index (χ1n) is 7.60. The fourth-order valence-corrected chi connectivity index (χ4v) is 3.04. The number of aryl methyl sites for hydroxylation is 1. The van der Waals surface area contributed by atoms with Crippen molar-refractivity contribution in [3.63, 3.8) is 0 Å². The zero-order valence-corrected chi connectivity index (χ0v) is 13.2. The fraction of sp³-hybridized carbons (Fsp3) is 0.353. The van der Waals surface area contributed by atoms with Gasteiger partial charge in [-0.1, -0.05) is 18.2 Å². The summed E-state index contributed by atoms with van der Waals surface area (Å²) in [7, 11) is 0. The molecule has 1 fully saturated rings. The molecule has 6 heteroatoms. The third-order valence-electron chi connectivity index (χ3n) is 4.50. The third-order valence-corrected chi connectivity index (χ3v) is 4.50. The van der Waals surface area contributed by atoms with Crippen LogP contribution in [0.4, 0.5) is 0 Å². The second kappa shape index (κ2) is 5.53. The SMILES string of the molecule is Cc1nn(-c2ccccc2)cc1C(=O)N1CCCC1(C)C(=O)O. The van der Waals surface area contributed by atoms with Gasteiger partial charge >= 0.3 is 5.97 Å². The molecular formula is C17H19N3O3. The molecule has 1 aliphatic rings. The van der Waals surface area contributed by atoms with Crippen LogP contribution in [0.1, 0.15) is 35.8 Å². The minimum Gasteiger partial charge on any atom is -0.480 e. The number of para-hydroxylation sites is 1. The molecule has 1 saturated heterocycles. The summed E-state index contributed by atoms with van der Waals surface area (Å²) in [5, 5.41) is 13.9. The summed E-state index contributed by atoms with van der Waals surface area (Å²) < 4.78 is 1.65. The number of benzene rings is 1. The van der Waals surface area contributed by atoms with Gasteiger partial charge in [-0.2, -0.15) is 5.10 Å². The topological polar surface area (TPSA) is 75.4 Å². The van der Waals surface area contributed by atoms with Gasteiger partial charge in [0.25, 0.3) is 5.91 Å². The number of rotatable bonds is 3. The second-order valence-corrected chi connectivity index (χ2v) is 6.05. The van der Waals surface area contributed by atoms with Crippen molar-refractivity contribution in [1.82, 2.24) is 14.7 Å². The molecule has 0 radical (unpaired) electrons. The van der Waals surface area contributed by atoms with E-state index in [4.69, 9.17) is 0 Å². The first-order chi connectivity index (χ1) is 10.9. The van der Waals surface area contributed by atoms with Crippen LogP contribution in [0.25, 0.3) is 5.69 Å². The van der Waals surface area contributed by atoms with Crippen molar-refractivity contribution in [3.8, 4) is 5.69 Å². The highest BCUT2D eigenvalue weighted by Gasteiger charge is 2.46. The van der Waals surface area contributed by atoms with Crippen LogP contribution in [0.5, 0.6) is 0 Å². The van der Waals surface area contributed by atoms with Crippen LogP contribution in [0, 0.1) is 6.92 Å². The Kier molecular flexibility index (Phi) is 3.67. The predicted octanol–water partition coefficient (Wildman–Crippen LogP) is 2.26. The normalized spacial score (nSPS) is 20.7. The number of likely N-dealkylation sites (tertiary alicyclic amines) is 1. The number of carbonyl (C=O) groups excluding carboxylic acids is 1. The van der Waals surface area contributed by atoms with E-state index in [1.54, 1.807) is 24.7 Å². The number of nitrogens with zero attached hydrogens (tertiary/aromatic N) is 3. The molecule has 1 unspecified atom stereocenters. The number of amides is 1. The predicted molar refractivity (Wildman–Crippen MR) is 84.6 cm³/mol. The van der Waals surface area contributed by atoms with E-state index < -0.39 is 11.5 Å². The Morgan fingerprint density at radius 1 is 1.26 bits per heavy atom. The molecule has 0 bridgehead atoms. The molecule has 0 saturated carbocycles. The number of carboxylic acid groups (broad SMARTS) is 1. The van der Waals surface area contributed by atoms with Crippen molar-refractivity contribution in [2.45, 2.75) is 32.2 Å². The first-order valence-corrected chi connectivity index (χ1v) is 7.60. The summed E-state index contributed by atoms with van der Waals surface area (Å²) in [5.74, 6) is -1.23. The maximum absolute atomic E-state index is 12.8. The number of aromatic nitrogens is 2. The Morgan fingerprint density at radius 3 is 2.61 bits per heavy atom. The van der Waals surface area contributed by atoms with Gasteiger partial charge in [0, 0.05) is 12.7 Å². The quantitative estimate of drug-likeness (QED) is 0.943. The van der Waals surface area contributed by atoms with Crippen molar-refractivity contribution in [3.05, 3.63) is 47.8 Å². The molecule has 120 valence electrons. The zero-order valence-electron chi connectivity index (χ0n) is 13.2. The van der Waals surface area contributed by atoms with E-state index in [2.05, 4.69) is 5.10 Å². The van der Waals surface area contributed by atoms with Gasteiger partial charge in [-0.15, -0.1) is 0 Å². The van der Waals surface area contributed by atoms with Gasteiger partial charge in [0.2, 0.25) is 0 Å². The maximum atomic E-state index is 12.8. The zero-order chi connectivity index (χ0) is 16.6. The fourth-order valence-electron chi connectivity index (χ4n) is 3.04. The minimum absolute atomic E-state index is 0.271. The number of carboxylic acids is 1. The summed E-state index contributed by atoms with van der Waals surface area (Å²) >= 11 is 0. The Labute approximate surface area is 134 Å². The number of aliphatic carboxylic acids is 1. The summed E-state index contributed by atoms with van der Waals surface area (Å²) in [5.41, 5.74) is 0.761. The molecule has 2 heterocycles. The van der Waals surface area contributed by atoms with Gasteiger partial charge in [-0.3, -0.25) is 4.79 Å². The Hall–Kier alpha value is -2.63. The van der Waals surface area contributed by atoms with E-state index in [1.165, 1.54) is 4.90 Å². The van der Waals surface area contributed by atoms with Crippen LogP contribution in [0.15, 0.2) is 36.5 Å². The molecule has 0 spiro atoms. The molecular weight excluding hydrogens is 294 g/mol. The lowest BCUT2D eigenvalue weighted by Gasteiger charge is -2.31. The van der Waals surface area contributed by atoms with Gasteiger partial charge in [-0.25, -0.2) is 9.48 Å². The summed E-state index contributed by atoms with van der Waals surface area (Å²) in [6, 6.07) is 9.51. The lowest BCUT2D eigenvalue weighted by molar-refractivity contribution is -0.147. The standard InChI is InChI=1S/C17H19N3O3/c1-12-14(11-20(18-12)13-7-4-3-5-8-13)15(21)19-10-6-9-17(19,2)16(22)23/h3-5,7-8,11H,6,9-10H2,1-2H3,(H,22,23).